The molecule has 0 radical (unpaired) electrons. The van der Waals surface area contributed by atoms with Gasteiger partial charge in [-0.15, -0.1) is 10.2 Å². The lowest BCUT2D eigenvalue weighted by atomic mass is 9.94. The molecule has 0 amide bonds. The maximum absolute atomic E-state index is 13.3. The number of aliphatic carboxylic acids is 1. The number of aromatic amines is 2. The van der Waals surface area contributed by atoms with Gasteiger partial charge in [0.25, 0.3) is 0 Å². The third-order valence-corrected chi connectivity index (χ3v) is 10.5. The zero-order chi connectivity index (χ0) is 49.1. The van der Waals surface area contributed by atoms with E-state index in [9.17, 15) is 50.6 Å². The van der Waals surface area contributed by atoms with Crippen LogP contribution in [0.2, 0.25) is 0 Å². The van der Waals surface area contributed by atoms with Gasteiger partial charge in [0, 0.05) is 22.8 Å². The van der Waals surface area contributed by atoms with Crippen LogP contribution in [-0.2, 0) is 26.7 Å². The molecule has 8 rings (SSSR count). The summed E-state index contributed by atoms with van der Waals surface area (Å²) in [5, 5.41) is 40.6. The summed E-state index contributed by atoms with van der Waals surface area (Å²) in [7, 11) is 1.17. The van der Waals surface area contributed by atoms with E-state index >= 15 is 0 Å². The molecule has 2 aliphatic heterocycles. The summed E-state index contributed by atoms with van der Waals surface area (Å²) in [6.45, 7) is 2.97. The Kier molecular flexibility index (Phi) is 15.2. The third-order valence-electron chi connectivity index (χ3n) is 10.5. The SMILES string of the molecule is C.CC1=C(C(=O)O)C(c2ccc(C#N)cc2)n2c(n[nH]c2=O)N1c1cccc(C(F)(F)F)c1.CI.COC(=O)C1=C(C)N(c2cccc(C(F)(F)F)c2)c2n[nH]c(=O)n2C1c1ccc(C#N)cc1. The van der Waals surface area contributed by atoms with Crippen LogP contribution in [0.25, 0.3) is 0 Å². The minimum absolute atomic E-state index is 0. The van der Waals surface area contributed by atoms with Crippen molar-refractivity contribution in [3.63, 3.8) is 0 Å². The number of alkyl halides is 7. The van der Waals surface area contributed by atoms with Gasteiger partial charge in [-0.3, -0.25) is 9.80 Å². The van der Waals surface area contributed by atoms with Crippen molar-refractivity contribution in [3.8, 4) is 12.1 Å². The zero-order valence-corrected chi connectivity index (χ0v) is 37.3. The van der Waals surface area contributed by atoms with Crippen LogP contribution in [0.1, 0.15) is 66.7 Å². The van der Waals surface area contributed by atoms with E-state index in [4.69, 9.17) is 15.3 Å². The number of carboxylic acid groups (broad SMARTS) is 1. The summed E-state index contributed by atoms with van der Waals surface area (Å²) in [4.78, 5) is 54.9. The van der Waals surface area contributed by atoms with Crippen molar-refractivity contribution >= 4 is 57.8 Å². The van der Waals surface area contributed by atoms with E-state index in [1.165, 1.54) is 96.0 Å². The molecule has 0 bridgehead atoms. The first-order chi connectivity index (χ1) is 31.8. The number of esters is 1. The number of ether oxygens (including phenoxy) is 1. The van der Waals surface area contributed by atoms with Crippen molar-refractivity contribution in [1.82, 2.24) is 29.5 Å². The Hall–Kier alpha value is -7.93. The van der Waals surface area contributed by atoms with Crippen molar-refractivity contribution in [3.05, 3.63) is 174 Å². The Morgan fingerprint density at radius 1 is 0.676 bits per heavy atom. The number of nitrogens with one attached hydrogen (secondary N) is 2. The van der Waals surface area contributed by atoms with Crippen LogP contribution in [-0.4, -0.2) is 58.6 Å². The largest absolute Gasteiger partial charge is 0.478 e. The molecule has 352 valence electrons. The average molecular weight is 1050 g/mol. The number of fused-ring (bicyclic) bond motifs is 2. The van der Waals surface area contributed by atoms with Crippen molar-refractivity contribution in [1.29, 1.82) is 10.5 Å². The minimum atomic E-state index is -4.62. The molecule has 6 aromatic rings. The molecule has 2 aromatic heterocycles. The number of anilines is 4. The highest BCUT2D eigenvalue weighted by atomic mass is 127. The Morgan fingerprint density at radius 3 is 1.38 bits per heavy atom. The van der Waals surface area contributed by atoms with E-state index in [2.05, 4.69) is 43.0 Å². The molecule has 2 aliphatic rings. The van der Waals surface area contributed by atoms with Crippen LogP contribution in [0.15, 0.2) is 129 Å². The molecule has 2 atom stereocenters. The molecule has 0 aliphatic carbocycles. The molecule has 4 aromatic carbocycles. The summed E-state index contributed by atoms with van der Waals surface area (Å²) < 4.78 is 87.0. The fraction of sp³-hybridized carbons (Fsp3) is 0.200. The van der Waals surface area contributed by atoms with E-state index in [0.29, 0.717) is 22.3 Å². The fourth-order valence-corrected chi connectivity index (χ4v) is 7.58. The quantitative estimate of drug-likeness (QED) is 0.0617. The van der Waals surface area contributed by atoms with E-state index < -0.39 is 58.9 Å². The molecular formula is C45H37F6IN10O6. The first-order valence-electron chi connectivity index (χ1n) is 19.2. The monoisotopic (exact) mass is 1050 g/mol. The van der Waals surface area contributed by atoms with Crippen molar-refractivity contribution in [2.24, 2.45) is 0 Å². The molecule has 23 heteroatoms. The topological polar surface area (TPSA) is 219 Å². The smallest absolute Gasteiger partial charge is 0.416 e. The van der Waals surface area contributed by atoms with Gasteiger partial charge < -0.3 is 9.84 Å². The Labute approximate surface area is 395 Å². The van der Waals surface area contributed by atoms with Gasteiger partial charge >= 0.3 is 35.7 Å². The first kappa shape index (κ1) is 51.1. The Bertz CT molecular complexity index is 3140. The number of benzene rings is 4. The summed E-state index contributed by atoms with van der Waals surface area (Å²) in [6.07, 6.45) is -9.21. The van der Waals surface area contributed by atoms with E-state index in [1.807, 2.05) is 17.1 Å². The summed E-state index contributed by atoms with van der Waals surface area (Å²) in [5.74, 6) is -2.19. The molecule has 16 nitrogen and oxygen atoms in total. The summed E-state index contributed by atoms with van der Waals surface area (Å²) in [5.41, 5.74) is -1.44. The zero-order valence-electron chi connectivity index (χ0n) is 35.1. The highest BCUT2D eigenvalue weighted by Crippen LogP contribution is 2.44. The van der Waals surface area contributed by atoms with Gasteiger partial charge in [0.1, 0.15) is 12.1 Å². The number of carboxylic acids is 1. The predicted molar refractivity (Wildman–Crippen MR) is 243 cm³/mol. The number of hydrogen-bond donors (Lipinski definition) is 3. The number of allylic oxidation sites excluding steroid dienone is 2. The van der Waals surface area contributed by atoms with Crippen LogP contribution in [0.4, 0.5) is 49.6 Å². The lowest BCUT2D eigenvalue weighted by Crippen LogP contribution is -2.37. The number of H-pyrrole nitrogens is 2. The number of carbonyl (C=O) groups excluding carboxylic acids is 1. The van der Waals surface area contributed by atoms with E-state index in [1.54, 1.807) is 12.1 Å². The number of carbonyl (C=O) groups is 2. The number of nitrogens with zero attached hydrogens (tertiary/aromatic N) is 8. The lowest BCUT2D eigenvalue weighted by molar-refractivity contribution is -0.138. The second-order valence-electron chi connectivity index (χ2n) is 14.2. The van der Waals surface area contributed by atoms with Gasteiger partial charge in [0.05, 0.1) is 52.6 Å². The predicted octanol–water partition coefficient (Wildman–Crippen LogP) is 8.90. The van der Waals surface area contributed by atoms with E-state index in [0.717, 1.165) is 28.8 Å². The van der Waals surface area contributed by atoms with Crippen molar-refractivity contribution in [2.45, 2.75) is 45.7 Å². The molecule has 68 heavy (non-hydrogen) atoms. The van der Waals surface area contributed by atoms with E-state index in [-0.39, 0.29) is 53.2 Å². The number of rotatable bonds is 6. The number of hydrogen-bond acceptors (Lipinski definition) is 11. The first-order valence-corrected chi connectivity index (χ1v) is 21.4. The number of nitriles is 2. The molecular weight excluding hydrogens is 1020 g/mol. The van der Waals surface area contributed by atoms with Crippen molar-refractivity contribution in [2.75, 3.05) is 21.8 Å². The average Bonchev–Trinajstić information content (AvgIpc) is 3.89. The third kappa shape index (κ3) is 9.64. The maximum Gasteiger partial charge on any atom is 0.416 e. The maximum atomic E-state index is 13.3. The van der Waals surface area contributed by atoms with Crippen LogP contribution < -0.4 is 21.2 Å². The van der Waals surface area contributed by atoms with Crippen LogP contribution in [0.5, 0.6) is 0 Å². The number of methoxy groups -OCH3 is 1. The van der Waals surface area contributed by atoms with Crippen LogP contribution in [0.3, 0.4) is 0 Å². The van der Waals surface area contributed by atoms with Gasteiger partial charge in [-0.05, 0) is 90.6 Å². The highest BCUT2D eigenvalue weighted by Gasteiger charge is 2.42. The van der Waals surface area contributed by atoms with Gasteiger partial charge in [-0.25, -0.2) is 38.5 Å². The minimum Gasteiger partial charge on any atom is -0.478 e. The van der Waals surface area contributed by atoms with Gasteiger partial charge in [-0.1, -0.05) is 66.4 Å². The number of halogens is 7. The van der Waals surface area contributed by atoms with Gasteiger partial charge in [0.2, 0.25) is 11.9 Å². The standard InChI is InChI=1S/C22H16F3N5O3.C21H14F3N5O3.CH3I.CH4/c1-12-17(19(31)33-2)18(14-8-6-13(11-26)7-9-14)30-20(27-28-21(30)32)29(12)16-5-3-4-15(10-16)22(23,24)25;1-11-16(18(30)31)17(13-7-5-12(10-25)6-8-13)29-19(26-27-20(29)32)28(11)15-4-2-3-14(9-15)21(22,23)24;1-2;/h3-10,18H,1-2H3,(H,28,32);2-9,17H,1H3,(H,27,32)(H,30,31);1H3;1H4. The Morgan fingerprint density at radius 2 is 1.04 bits per heavy atom. The molecule has 4 heterocycles. The molecule has 0 spiro atoms. The normalized spacial score (nSPS) is 15.2. The van der Waals surface area contributed by atoms with Gasteiger partial charge in [0.15, 0.2) is 0 Å². The Balaban J connectivity index is 0.000000242. The lowest BCUT2D eigenvalue weighted by Gasteiger charge is -2.35. The molecule has 2 unspecified atom stereocenters. The van der Waals surface area contributed by atoms with Gasteiger partial charge in [-0.2, -0.15) is 36.9 Å². The number of aromatic nitrogens is 6. The molecule has 0 fully saturated rings. The second kappa shape index (κ2) is 20.3. The fourth-order valence-electron chi connectivity index (χ4n) is 7.58. The van der Waals surface area contributed by atoms with Crippen molar-refractivity contribution < 1.29 is 45.8 Å². The highest BCUT2D eigenvalue weighted by molar-refractivity contribution is 14.1. The molecule has 0 saturated heterocycles. The molecule has 0 saturated carbocycles. The summed E-state index contributed by atoms with van der Waals surface area (Å²) in [6, 6.07) is 22.9. The molecule has 3 N–H and O–H groups in total. The van der Waals surface area contributed by atoms with Crippen LogP contribution >= 0.6 is 22.6 Å². The van der Waals surface area contributed by atoms with Crippen LogP contribution in [0, 0.1) is 22.7 Å². The summed E-state index contributed by atoms with van der Waals surface area (Å²) >= 11 is 2.15. The second-order valence-corrected chi connectivity index (χ2v) is 14.2.